The first-order valence-electron chi connectivity index (χ1n) is 8.05. The molecule has 8 nitrogen and oxygen atoms in total. The number of fused-ring (bicyclic) bond motifs is 2. The van der Waals surface area contributed by atoms with Gasteiger partial charge in [0.25, 0.3) is 0 Å². The van der Waals surface area contributed by atoms with E-state index in [0.717, 1.165) is 12.1 Å². The van der Waals surface area contributed by atoms with Gasteiger partial charge in [-0.3, -0.25) is 10.6 Å². The fourth-order valence-electron chi connectivity index (χ4n) is 3.31. The van der Waals surface area contributed by atoms with Gasteiger partial charge in [-0.2, -0.15) is 23.1 Å². The number of nitriles is 1. The lowest BCUT2D eigenvalue weighted by Crippen LogP contribution is -2.55. The van der Waals surface area contributed by atoms with Crippen molar-refractivity contribution in [2.75, 3.05) is 13.1 Å². The molecule has 4 rings (SSSR count). The maximum absolute atomic E-state index is 13.2. The van der Waals surface area contributed by atoms with Crippen molar-refractivity contribution < 1.29 is 17.9 Å². The first kappa shape index (κ1) is 17.6. The number of alkyl halides is 3. The molecule has 2 aliphatic heterocycles. The summed E-state index contributed by atoms with van der Waals surface area (Å²) in [6.45, 7) is 1.27. The Kier molecular flexibility index (Phi) is 3.99. The first-order chi connectivity index (χ1) is 12.8. The minimum atomic E-state index is -4.66. The molecule has 2 atom stereocenters. The van der Waals surface area contributed by atoms with Gasteiger partial charge in [-0.25, -0.2) is 0 Å². The second-order valence-electron chi connectivity index (χ2n) is 6.49. The molecule has 2 aromatic rings. The second kappa shape index (κ2) is 6.12. The number of nitrogens with two attached hydrogens (primary N) is 1. The Morgan fingerprint density at radius 3 is 2.93 bits per heavy atom. The molecule has 0 aliphatic carbocycles. The van der Waals surface area contributed by atoms with E-state index in [9.17, 15) is 13.2 Å². The lowest BCUT2D eigenvalue weighted by molar-refractivity contribution is -0.137. The molecule has 0 radical (unpaired) electrons. The molecular formula is C16H14F3N7O. The number of benzene rings is 1. The molecule has 0 spiro atoms. The van der Waals surface area contributed by atoms with Gasteiger partial charge >= 0.3 is 6.18 Å². The Morgan fingerprint density at radius 1 is 1.41 bits per heavy atom. The van der Waals surface area contributed by atoms with Crippen molar-refractivity contribution in [1.29, 1.82) is 5.26 Å². The largest absolute Gasteiger partial charge is 0.417 e. The average Bonchev–Trinajstić information content (AvgIpc) is 3.17. The molecule has 3 heterocycles. The van der Waals surface area contributed by atoms with E-state index in [0.29, 0.717) is 18.9 Å². The third kappa shape index (κ3) is 3.30. The van der Waals surface area contributed by atoms with Crippen LogP contribution in [0.5, 0.6) is 0 Å². The number of hydrogen-bond acceptors (Lipinski definition) is 7. The number of morpholine rings is 1. The number of nitrogens with zero attached hydrogens (tertiary/aromatic N) is 6. The van der Waals surface area contributed by atoms with E-state index in [1.54, 1.807) is 12.1 Å². The summed E-state index contributed by atoms with van der Waals surface area (Å²) >= 11 is 0. The quantitative estimate of drug-likeness (QED) is 0.795. The Bertz CT molecular complexity index is 948. The molecule has 1 aromatic carbocycles. The van der Waals surface area contributed by atoms with E-state index in [-0.39, 0.29) is 18.3 Å². The zero-order chi connectivity index (χ0) is 19.2. The number of ether oxygens (including phenoxy) is 1. The highest BCUT2D eigenvalue weighted by atomic mass is 19.4. The van der Waals surface area contributed by atoms with Gasteiger partial charge in [-0.05, 0) is 34.7 Å². The van der Waals surface area contributed by atoms with Gasteiger partial charge in [0.2, 0.25) is 0 Å². The van der Waals surface area contributed by atoms with E-state index in [4.69, 9.17) is 15.7 Å². The number of hydrogen-bond donors (Lipinski definition) is 1. The summed E-state index contributed by atoms with van der Waals surface area (Å²) in [4.78, 5) is 1.98. The molecule has 0 saturated carbocycles. The molecule has 1 fully saturated rings. The summed E-state index contributed by atoms with van der Waals surface area (Å²) in [5.41, 5.74) is 3.86. The molecule has 2 N–H and O–H groups in total. The van der Waals surface area contributed by atoms with Crippen LogP contribution in [0, 0.1) is 11.3 Å². The summed E-state index contributed by atoms with van der Waals surface area (Å²) in [6.07, 6.45) is -1.11. The summed E-state index contributed by atoms with van der Waals surface area (Å²) in [5.74, 6) is 0.359. The number of aromatic nitrogens is 4. The van der Waals surface area contributed by atoms with E-state index in [2.05, 4.69) is 15.5 Å². The van der Waals surface area contributed by atoms with Crippen LogP contribution in [0.1, 0.15) is 17.0 Å². The summed E-state index contributed by atoms with van der Waals surface area (Å²) in [6, 6.07) is 4.91. The molecule has 140 valence electrons. The minimum Gasteiger partial charge on any atom is -0.347 e. The van der Waals surface area contributed by atoms with Crippen LogP contribution in [0.25, 0.3) is 5.69 Å². The van der Waals surface area contributed by atoms with Crippen molar-refractivity contribution in [2.45, 2.75) is 24.6 Å². The highest BCUT2D eigenvalue weighted by Crippen LogP contribution is 2.33. The molecule has 27 heavy (non-hydrogen) atoms. The molecule has 2 aliphatic rings. The zero-order valence-electron chi connectivity index (χ0n) is 13.9. The minimum absolute atomic E-state index is 0.123. The predicted octanol–water partition coefficient (Wildman–Crippen LogP) is 0.978. The van der Waals surface area contributed by atoms with Gasteiger partial charge < -0.3 is 4.74 Å². The maximum Gasteiger partial charge on any atom is 0.417 e. The third-order valence-corrected chi connectivity index (χ3v) is 4.45. The molecule has 0 amide bonds. The van der Waals surface area contributed by atoms with Crippen LogP contribution in [0.4, 0.5) is 13.2 Å². The SMILES string of the molecule is N#Cc1ccc(-n2nnnc2CN2C[C@@H]3C=C[C@](N)(C2)O3)cc1C(F)(F)F. The van der Waals surface area contributed by atoms with Crippen molar-refractivity contribution in [2.24, 2.45) is 5.73 Å². The van der Waals surface area contributed by atoms with Crippen LogP contribution in [-0.2, 0) is 17.5 Å². The predicted molar refractivity (Wildman–Crippen MR) is 85.1 cm³/mol. The fourth-order valence-corrected chi connectivity index (χ4v) is 3.31. The number of rotatable bonds is 3. The van der Waals surface area contributed by atoms with Crippen LogP contribution in [-0.4, -0.2) is 50.0 Å². The van der Waals surface area contributed by atoms with Gasteiger partial charge in [0.05, 0.1) is 35.5 Å². The van der Waals surface area contributed by atoms with Gasteiger partial charge in [0, 0.05) is 13.1 Å². The molecule has 11 heteroatoms. The summed E-state index contributed by atoms with van der Waals surface area (Å²) < 4.78 is 46.5. The summed E-state index contributed by atoms with van der Waals surface area (Å²) in [5, 5.41) is 20.2. The van der Waals surface area contributed by atoms with Crippen LogP contribution in [0.2, 0.25) is 0 Å². The lowest BCUT2D eigenvalue weighted by Gasteiger charge is -2.37. The monoisotopic (exact) mass is 377 g/mol. The van der Waals surface area contributed by atoms with Crippen molar-refractivity contribution in [3.8, 4) is 11.8 Å². The third-order valence-electron chi connectivity index (χ3n) is 4.45. The zero-order valence-corrected chi connectivity index (χ0v) is 13.9. The van der Waals surface area contributed by atoms with Crippen LogP contribution < -0.4 is 5.73 Å². The second-order valence-corrected chi connectivity index (χ2v) is 6.49. The lowest BCUT2D eigenvalue weighted by atomic mass is 10.1. The van der Waals surface area contributed by atoms with Crippen molar-refractivity contribution in [3.05, 3.63) is 47.3 Å². The number of tetrazole rings is 1. The number of halogens is 3. The normalized spacial score (nSPS) is 24.9. The van der Waals surface area contributed by atoms with E-state index in [1.165, 1.54) is 10.7 Å². The van der Waals surface area contributed by atoms with E-state index < -0.39 is 23.0 Å². The van der Waals surface area contributed by atoms with Crippen LogP contribution in [0.15, 0.2) is 30.4 Å². The van der Waals surface area contributed by atoms with Gasteiger partial charge in [-0.15, -0.1) is 5.10 Å². The molecule has 1 saturated heterocycles. The molecule has 0 unspecified atom stereocenters. The van der Waals surface area contributed by atoms with Crippen molar-refractivity contribution in [3.63, 3.8) is 0 Å². The van der Waals surface area contributed by atoms with E-state index in [1.807, 2.05) is 11.0 Å². The first-order valence-corrected chi connectivity index (χ1v) is 8.05. The molecular weight excluding hydrogens is 363 g/mol. The smallest absolute Gasteiger partial charge is 0.347 e. The van der Waals surface area contributed by atoms with E-state index >= 15 is 0 Å². The Balaban J connectivity index is 1.62. The molecule has 1 aromatic heterocycles. The van der Waals surface area contributed by atoms with Gasteiger partial charge in [0.15, 0.2) is 5.82 Å². The van der Waals surface area contributed by atoms with Crippen molar-refractivity contribution >= 4 is 0 Å². The standard InChI is InChI=1S/C16H14F3N7O/c17-16(18,19)13-5-11(2-1-10(13)6-20)26-14(22-23-24-26)8-25-7-12-3-4-15(21,9-25)27-12/h1-5,12H,7-9,21H2/t12-,15+/m0/s1. The fraction of sp³-hybridized carbons (Fsp3) is 0.375. The summed E-state index contributed by atoms with van der Waals surface area (Å²) in [7, 11) is 0. The Labute approximate surface area is 151 Å². The Morgan fingerprint density at radius 2 is 2.22 bits per heavy atom. The van der Waals surface area contributed by atoms with Crippen LogP contribution in [0.3, 0.4) is 0 Å². The molecule has 2 bridgehead atoms. The average molecular weight is 377 g/mol. The van der Waals surface area contributed by atoms with Gasteiger partial charge in [-0.1, -0.05) is 6.08 Å². The van der Waals surface area contributed by atoms with Gasteiger partial charge in [0.1, 0.15) is 5.72 Å². The highest BCUT2D eigenvalue weighted by molar-refractivity contribution is 5.47. The topological polar surface area (TPSA) is 106 Å². The van der Waals surface area contributed by atoms with Crippen molar-refractivity contribution in [1.82, 2.24) is 25.1 Å². The van der Waals surface area contributed by atoms with Crippen LogP contribution >= 0.6 is 0 Å². The maximum atomic E-state index is 13.2. The Hall–Kier alpha value is -2.81. The highest BCUT2D eigenvalue weighted by Gasteiger charge is 2.40.